The maximum Gasteiger partial charge on any atom is 0.328 e. The third-order valence-electron chi connectivity index (χ3n) is 1.33. The van der Waals surface area contributed by atoms with Gasteiger partial charge in [0.15, 0.2) is 0 Å². The first-order valence-electron chi connectivity index (χ1n) is 3.75. The van der Waals surface area contributed by atoms with Crippen LogP contribution in [0.1, 0.15) is 5.56 Å². The van der Waals surface area contributed by atoms with E-state index in [1.54, 1.807) is 0 Å². The van der Waals surface area contributed by atoms with E-state index in [4.69, 9.17) is 10.6 Å². The lowest BCUT2D eigenvalue weighted by Gasteiger charge is -2.04. The van der Waals surface area contributed by atoms with Gasteiger partial charge in [0.25, 0.3) is 0 Å². The van der Waals surface area contributed by atoms with Crippen molar-refractivity contribution in [2.45, 2.75) is 6.61 Å². The molecule has 0 spiro atoms. The molecule has 4 N–H and O–H groups in total. The minimum atomic E-state index is -0.687. The summed E-state index contributed by atoms with van der Waals surface area (Å²) in [5, 5.41) is 0. The Morgan fingerprint density at radius 3 is 2.69 bits per heavy atom. The third kappa shape index (κ3) is 4.09. The molecule has 5 heteroatoms. The Hall–Kier alpha value is -1.59. The van der Waals surface area contributed by atoms with Crippen LogP contribution in [0.5, 0.6) is 0 Å². The van der Waals surface area contributed by atoms with Crippen molar-refractivity contribution in [3.05, 3.63) is 35.9 Å². The van der Waals surface area contributed by atoms with Crippen LogP contribution >= 0.6 is 0 Å². The maximum absolute atomic E-state index is 10.2. The molecule has 0 unspecified atom stereocenters. The van der Waals surface area contributed by atoms with Crippen LogP contribution in [0, 0.1) is 0 Å². The SMILES string of the molecule is NC(=O)NNOCc1ccccc1. The zero-order valence-corrected chi connectivity index (χ0v) is 6.99. The van der Waals surface area contributed by atoms with E-state index in [-0.39, 0.29) is 0 Å². The van der Waals surface area contributed by atoms with E-state index >= 15 is 0 Å². The normalized spacial score (nSPS) is 9.54. The van der Waals surface area contributed by atoms with Gasteiger partial charge in [-0.3, -0.25) is 10.3 Å². The number of hydrazine groups is 1. The first kappa shape index (κ1) is 9.50. The molecule has 0 aromatic heterocycles. The van der Waals surface area contributed by atoms with Crippen LogP contribution in [0.15, 0.2) is 30.3 Å². The summed E-state index contributed by atoms with van der Waals surface area (Å²) < 4.78 is 0. The Morgan fingerprint density at radius 2 is 2.08 bits per heavy atom. The number of nitrogens with one attached hydrogen (secondary N) is 2. The summed E-state index contributed by atoms with van der Waals surface area (Å²) in [5.74, 6) is 0. The van der Waals surface area contributed by atoms with Crippen LogP contribution in [0.3, 0.4) is 0 Å². The van der Waals surface area contributed by atoms with Gasteiger partial charge in [-0.15, -0.1) is 5.59 Å². The highest BCUT2D eigenvalue weighted by Crippen LogP contribution is 1.98. The van der Waals surface area contributed by atoms with Gasteiger partial charge < -0.3 is 5.73 Å². The predicted molar refractivity (Wildman–Crippen MR) is 47.1 cm³/mol. The molecule has 0 saturated heterocycles. The quantitative estimate of drug-likeness (QED) is 0.461. The molecule has 1 aromatic rings. The molecule has 0 radical (unpaired) electrons. The fraction of sp³-hybridized carbons (Fsp3) is 0.125. The lowest BCUT2D eigenvalue weighted by Crippen LogP contribution is -2.40. The average Bonchev–Trinajstić information content (AvgIpc) is 2.14. The van der Waals surface area contributed by atoms with E-state index in [0.29, 0.717) is 6.61 Å². The molecule has 0 aliphatic heterocycles. The van der Waals surface area contributed by atoms with E-state index < -0.39 is 6.03 Å². The summed E-state index contributed by atoms with van der Waals surface area (Å²) in [6.07, 6.45) is 0. The molecule has 2 amide bonds. The predicted octanol–water partition coefficient (Wildman–Crippen LogP) is 0.291. The topological polar surface area (TPSA) is 76.4 Å². The number of rotatable bonds is 4. The Bertz CT molecular complexity index is 263. The van der Waals surface area contributed by atoms with Gasteiger partial charge in [-0.05, 0) is 5.56 Å². The monoisotopic (exact) mass is 181 g/mol. The second-order valence-electron chi connectivity index (χ2n) is 2.37. The van der Waals surface area contributed by atoms with Gasteiger partial charge >= 0.3 is 6.03 Å². The van der Waals surface area contributed by atoms with Gasteiger partial charge in [-0.1, -0.05) is 30.3 Å². The molecule has 0 heterocycles. The summed E-state index contributed by atoms with van der Waals surface area (Å²) in [6, 6.07) is 8.85. The van der Waals surface area contributed by atoms with E-state index in [0.717, 1.165) is 5.56 Å². The summed E-state index contributed by atoms with van der Waals surface area (Å²) in [5.41, 5.74) is 10.1. The van der Waals surface area contributed by atoms with Gasteiger partial charge in [0.1, 0.15) is 0 Å². The fourth-order valence-corrected chi connectivity index (χ4v) is 0.780. The number of benzene rings is 1. The van der Waals surface area contributed by atoms with Crippen molar-refractivity contribution in [2.75, 3.05) is 0 Å². The smallest absolute Gasteiger partial charge is 0.328 e. The van der Waals surface area contributed by atoms with Gasteiger partial charge in [0, 0.05) is 0 Å². The Morgan fingerprint density at radius 1 is 1.38 bits per heavy atom. The summed E-state index contributed by atoms with van der Waals surface area (Å²) in [6.45, 7) is 0.362. The molecule has 0 aliphatic rings. The third-order valence-corrected chi connectivity index (χ3v) is 1.33. The second-order valence-corrected chi connectivity index (χ2v) is 2.37. The molecule has 1 aromatic carbocycles. The Labute approximate surface area is 75.8 Å². The summed E-state index contributed by atoms with van der Waals surface area (Å²) in [4.78, 5) is 15.0. The van der Waals surface area contributed by atoms with Crippen molar-refractivity contribution in [1.82, 2.24) is 11.0 Å². The summed E-state index contributed by atoms with van der Waals surface area (Å²) in [7, 11) is 0. The Balaban J connectivity index is 2.17. The lowest BCUT2D eigenvalue weighted by atomic mass is 10.2. The highest BCUT2D eigenvalue weighted by molar-refractivity contribution is 5.70. The molecule has 0 saturated carbocycles. The number of primary amides is 1. The maximum atomic E-state index is 10.2. The standard InChI is InChI=1S/C8H11N3O2/c9-8(12)10-11-13-6-7-4-2-1-3-5-7/h1-5,11H,6H2,(H3,9,10,12). The zero-order chi connectivity index (χ0) is 9.52. The second kappa shape index (κ2) is 5.13. The minimum absolute atomic E-state index is 0.362. The first-order chi connectivity index (χ1) is 6.29. The molecular formula is C8H11N3O2. The van der Waals surface area contributed by atoms with Crippen LogP contribution in [-0.4, -0.2) is 6.03 Å². The van der Waals surface area contributed by atoms with Gasteiger partial charge in [0.05, 0.1) is 6.61 Å². The van der Waals surface area contributed by atoms with E-state index in [1.807, 2.05) is 30.3 Å². The van der Waals surface area contributed by atoms with E-state index in [2.05, 4.69) is 11.0 Å². The van der Waals surface area contributed by atoms with Crippen molar-refractivity contribution in [2.24, 2.45) is 5.73 Å². The molecule has 0 fully saturated rings. The van der Waals surface area contributed by atoms with Crippen molar-refractivity contribution in [3.63, 3.8) is 0 Å². The average molecular weight is 181 g/mol. The van der Waals surface area contributed by atoms with Crippen molar-refractivity contribution in [3.8, 4) is 0 Å². The zero-order valence-electron chi connectivity index (χ0n) is 6.99. The first-order valence-corrected chi connectivity index (χ1v) is 3.75. The molecule has 13 heavy (non-hydrogen) atoms. The van der Waals surface area contributed by atoms with Crippen LogP contribution < -0.4 is 16.7 Å². The number of carbonyl (C=O) groups is 1. The highest BCUT2D eigenvalue weighted by atomic mass is 16.7. The molecule has 0 atom stereocenters. The fourth-order valence-electron chi connectivity index (χ4n) is 0.780. The van der Waals surface area contributed by atoms with Gasteiger partial charge in [0.2, 0.25) is 0 Å². The van der Waals surface area contributed by atoms with Crippen LogP contribution in [-0.2, 0) is 11.4 Å². The van der Waals surface area contributed by atoms with Crippen LogP contribution in [0.2, 0.25) is 0 Å². The van der Waals surface area contributed by atoms with Crippen LogP contribution in [0.4, 0.5) is 4.79 Å². The molecule has 70 valence electrons. The molecule has 0 aliphatic carbocycles. The number of nitrogens with two attached hydrogens (primary N) is 1. The van der Waals surface area contributed by atoms with Gasteiger partial charge in [-0.2, -0.15) is 0 Å². The number of urea groups is 1. The number of amides is 2. The number of hydrogen-bond acceptors (Lipinski definition) is 3. The van der Waals surface area contributed by atoms with Crippen molar-refractivity contribution in [1.29, 1.82) is 0 Å². The largest absolute Gasteiger partial charge is 0.350 e. The lowest BCUT2D eigenvalue weighted by molar-refractivity contribution is 0.00761. The van der Waals surface area contributed by atoms with Crippen LogP contribution in [0.25, 0.3) is 0 Å². The molecule has 5 nitrogen and oxygen atoms in total. The minimum Gasteiger partial charge on any atom is -0.350 e. The molecular weight excluding hydrogens is 170 g/mol. The number of hydrogen-bond donors (Lipinski definition) is 3. The highest BCUT2D eigenvalue weighted by Gasteiger charge is 1.91. The van der Waals surface area contributed by atoms with E-state index in [1.165, 1.54) is 0 Å². The molecule has 1 rings (SSSR count). The summed E-state index contributed by atoms with van der Waals surface area (Å²) >= 11 is 0. The van der Waals surface area contributed by atoms with E-state index in [9.17, 15) is 4.79 Å². The van der Waals surface area contributed by atoms with Gasteiger partial charge in [-0.25, -0.2) is 4.79 Å². The number of carbonyl (C=O) groups excluding carboxylic acids is 1. The van der Waals surface area contributed by atoms with Crippen molar-refractivity contribution >= 4 is 6.03 Å². The molecule has 0 bridgehead atoms. The Kier molecular flexibility index (Phi) is 3.74. The van der Waals surface area contributed by atoms with Crippen molar-refractivity contribution < 1.29 is 9.63 Å².